The molecule has 1 amide bonds. The number of rotatable bonds is 9. The van der Waals surface area contributed by atoms with Crippen molar-refractivity contribution >= 4 is 65.1 Å². The van der Waals surface area contributed by atoms with E-state index in [9.17, 15) is 14.2 Å². The number of ether oxygens (including phenoxy) is 1. The molecule has 0 unspecified atom stereocenters. The molecule has 0 fully saturated rings. The number of hydrogen-bond donors (Lipinski definition) is 3. The summed E-state index contributed by atoms with van der Waals surface area (Å²) in [5, 5.41) is 9.79. The SMILES string of the molecule is COc1ccc(NC(=O)C=CC=O)cc1Nc1ncc(Cl)c(Nc2ccccc2P(C)(C)=O)n1. The second-order valence-corrected chi connectivity index (χ2v) is 11.0. The van der Waals surface area contributed by atoms with Gasteiger partial charge >= 0.3 is 0 Å². The summed E-state index contributed by atoms with van der Waals surface area (Å²) in [5.74, 6) is 0.559. The molecule has 2 aromatic carbocycles. The van der Waals surface area contributed by atoms with Crippen molar-refractivity contribution in [3.8, 4) is 5.75 Å². The van der Waals surface area contributed by atoms with Crippen molar-refractivity contribution in [1.29, 1.82) is 0 Å². The van der Waals surface area contributed by atoms with Crippen molar-refractivity contribution in [2.45, 2.75) is 0 Å². The van der Waals surface area contributed by atoms with Crippen molar-refractivity contribution in [3.05, 3.63) is 65.8 Å². The first-order valence-electron chi connectivity index (χ1n) is 10.0. The summed E-state index contributed by atoms with van der Waals surface area (Å²) in [4.78, 5) is 30.9. The summed E-state index contributed by atoms with van der Waals surface area (Å²) in [6.07, 6.45) is 4.17. The lowest BCUT2D eigenvalue weighted by Crippen LogP contribution is -2.11. The predicted octanol–water partition coefficient (Wildman–Crippen LogP) is 4.57. The Labute approximate surface area is 202 Å². The number of amides is 1. The Morgan fingerprint density at radius 2 is 1.88 bits per heavy atom. The number of para-hydroxylation sites is 1. The molecule has 0 spiro atoms. The van der Waals surface area contributed by atoms with E-state index in [1.807, 2.05) is 12.1 Å². The summed E-state index contributed by atoms with van der Waals surface area (Å²) in [6, 6.07) is 12.2. The number of hydrogen-bond acceptors (Lipinski definition) is 8. The highest BCUT2D eigenvalue weighted by Crippen LogP contribution is 2.39. The highest BCUT2D eigenvalue weighted by atomic mass is 35.5. The van der Waals surface area contributed by atoms with Gasteiger partial charge in [0, 0.05) is 17.1 Å². The second kappa shape index (κ2) is 11.0. The first-order chi connectivity index (χ1) is 16.2. The number of carbonyl (C=O) groups is 2. The summed E-state index contributed by atoms with van der Waals surface area (Å²) in [7, 11) is -1.04. The van der Waals surface area contributed by atoms with Crippen molar-refractivity contribution in [2.75, 3.05) is 36.4 Å². The molecule has 0 aliphatic carbocycles. The van der Waals surface area contributed by atoms with Crippen LogP contribution in [0.4, 0.5) is 28.8 Å². The van der Waals surface area contributed by atoms with Gasteiger partial charge in [-0.25, -0.2) is 4.98 Å². The van der Waals surface area contributed by atoms with Gasteiger partial charge in [0.25, 0.3) is 0 Å². The van der Waals surface area contributed by atoms with E-state index >= 15 is 0 Å². The van der Waals surface area contributed by atoms with Crippen LogP contribution in [0.2, 0.25) is 5.02 Å². The van der Waals surface area contributed by atoms with E-state index < -0.39 is 13.0 Å². The topological polar surface area (TPSA) is 122 Å². The molecular formula is C23H23ClN5O4P. The van der Waals surface area contributed by atoms with E-state index in [0.717, 1.165) is 12.2 Å². The minimum absolute atomic E-state index is 0.211. The van der Waals surface area contributed by atoms with Crippen LogP contribution in [0.15, 0.2) is 60.8 Å². The normalized spacial score (nSPS) is 11.2. The average molecular weight is 500 g/mol. The molecule has 0 aliphatic rings. The number of carbonyl (C=O) groups excluding carboxylic acids is 2. The first-order valence-corrected chi connectivity index (χ1v) is 13.0. The highest BCUT2D eigenvalue weighted by Gasteiger charge is 2.17. The van der Waals surface area contributed by atoms with Gasteiger partial charge in [0.1, 0.15) is 24.2 Å². The number of methoxy groups -OCH3 is 1. The van der Waals surface area contributed by atoms with Gasteiger partial charge in [0.2, 0.25) is 11.9 Å². The number of nitrogens with zero attached hydrogens (tertiary/aromatic N) is 2. The Balaban J connectivity index is 1.89. The van der Waals surface area contributed by atoms with E-state index in [2.05, 4.69) is 25.9 Å². The Kier molecular flexibility index (Phi) is 8.04. The van der Waals surface area contributed by atoms with Gasteiger partial charge in [-0.1, -0.05) is 23.7 Å². The molecule has 9 nitrogen and oxygen atoms in total. The van der Waals surface area contributed by atoms with Crippen molar-refractivity contribution in [1.82, 2.24) is 9.97 Å². The first kappa shape index (κ1) is 25.0. The van der Waals surface area contributed by atoms with E-state index in [1.165, 1.54) is 13.3 Å². The molecule has 3 aromatic rings. The zero-order chi connectivity index (χ0) is 24.7. The number of allylic oxidation sites excluding steroid dienone is 1. The molecule has 176 valence electrons. The van der Waals surface area contributed by atoms with Gasteiger partial charge in [-0.3, -0.25) is 9.59 Å². The molecule has 3 N–H and O–H groups in total. The fourth-order valence-electron chi connectivity index (χ4n) is 3.01. The van der Waals surface area contributed by atoms with Crippen LogP contribution >= 0.6 is 18.7 Å². The molecule has 3 rings (SSSR count). The summed E-state index contributed by atoms with van der Waals surface area (Å²) < 4.78 is 18.1. The summed E-state index contributed by atoms with van der Waals surface area (Å²) >= 11 is 6.31. The minimum Gasteiger partial charge on any atom is -0.495 e. The molecule has 0 bridgehead atoms. The van der Waals surface area contributed by atoms with Crippen molar-refractivity contribution < 1.29 is 18.9 Å². The summed E-state index contributed by atoms with van der Waals surface area (Å²) in [5.41, 5.74) is 1.58. The van der Waals surface area contributed by atoms with E-state index in [4.69, 9.17) is 16.3 Å². The lowest BCUT2D eigenvalue weighted by atomic mass is 10.2. The number of halogens is 1. The molecule has 0 aliphatic heterocycles. The standard InChI is InChI=1S/C23H23ClN5O4P/c1-33-19-11-10-15(26-21(31)9-6-12-30)13-18(19)28-23-25-14-16(24)22(29-23)27-17-7-4-5-8-20(17)34(2,3)32/h4-14H,1-3H3,(H,26,31)(H2,25,27,28,29). The quantitative estimate of drug-likeness (QED) is 0.222. The zero-order valence-corrected chi connectivity index (χ0v) is 20.4. The molecular weight excluding hydrogens is 477 g/mol. The predicted molar refractivity (Wildman–Crippen MR) is 136 cm³/mol. The van der Waals surface area contributed by atoms with Gasteiger partial charge in [-0.2, -0.15) is 4.98 Å². The fraction of sp³-hybridized carbons (Fsp3) is 0.130. The molecule has 11 heteroatoms. The van der Waals surface area contributed by atoms with Gasteiger partial charge < -0.3 is 25.3 Å². The maximum Gasteiger partial charge on any atom is 0.248 e. The largest absolute Gasteiger partial charge is 0.495 e. The molecule has 0 radical (unpaired) electrons. The van der Waals surface area contributed by atoms with Crippen LogP contribution in [-0.4, -0.2) is 42.6 Å². The number of benzene rings is 2. The Morgan fingerprint density at radius 3 is 2.59 bits per heavy atom. The van der Waals surface area contributed by atoms with Crippen LogP contribution in [0.3, 0.4) is 0 Å². The third-order valence-corrected chi connectivity index (χ3v) is 6.35. The number of nitrogens with one attached hydrogen (secondary N) is 3. The van der Waals surface area contributed by atoms with E-state index in [1.54, 1.807) is 43.7 Å². The second-order valence-electron chi connectivity index (χ2n) is 7.41. The zero-order valence-electron chi connectivity index (χ0n) is 18.7. The van der Waals surface area contributed by atoms with Crippen molar-refractivity contribution in [2.24, 2.45) is 0 Å². The molecule has 1 heterocycles. The fourth-order valence-corrected chi connectivity index (χ4v) is 4.30. The van der Waals surface area contributed by atoms with Crippen LogP contribution in [0.1, 0.15) is 0 Å². The number of aldehydes is 1. The molecule has 0 atom stereocenters. The lowest BCUT2D eigenvalue weighted by molar-refractivity contribution is -0.112. The van der Waals surface area contributed by atoms with Crippen LogP contribution in [-0.2, 0) is 14.2 Å². The lowest BCUT2D eigenvalue weighted by Gasteiger charge is -2.16. The molecule has 0 saturated carbocycles. The maximum atomic E-state index is 12.7. The maximum absolute atomic E-state index is 12.7. The molecule has 1 aromatic heterocycles. The molecule has 0 saturated heterocycles. The Morgan fingerprint density at radius 1 is 1.12 bits per heavy atom. The smallest absolute Gasteiger partial charge is 0.248 e. The number of aromatic nitrogens is 2. The van der Waals surface area contributed by atoms with Crippen LogP contribution < -0.4 is 26.0 Å². The highest BCUT2D eigenvalue weighted by molar-refractivity contribution is 7.70. The number of anilines is 5. The van der Waals surface area contributed by atoms with Crippen LogP contribution in [0, 0.1) is 0 Å². The van der Waals surface area contributed by atoms with Crippen molar-refractivity contribution in [3.63, 3.8) is 0 Å². The third kappa shape index (κ3) is 6.43. The van der Waals surface area contributed by atoms with Gasteiger partial charge in [0.05, 0.1) is 24.7 Å². The Hall–Kier alpha value is -3.68. The van der Waals surface area contributed by atoms with Crippen LogP contribution in [0.5, 0.6) is 5.75 Å². The van der Waals surface area contributed by atoms with Crippen LogP contribution in [0.25, 0.3) is 0 Å². The summed E-state index contributed by atoms with van der Waals surface area (Å²) in [6.45, 7) is 3.38. The van der Waals surface area contributed by atoms with E-state index in [-0.39, 0.29) is 11.0 Å². The van der Waals surface area contributed by atoms with E-state index in [0.29, 0.717) is 40.2 Å². The monoisotopic (exact) mass is 499 g/mol. The Bertz CT molecular complexity index is 1290. The van der Waals surface area contributed by atoms with Gasteiger partial charge in [-0.15, -0.1) is 0 Å². The third-order valence-electron chi connectivity index (χ3n) is 4.52. The average Bonchev–Trinajstić information content (AvgIpc) is 2.80. The molecule has 34 heavy (non-hydrogen) atoms. The van der Waals surface area contributed by atoms with Gasteiger partial charge in [0.15, 0.2) is 5.82 Å². The minimum atomic E-state index is -2.55. The van der Waals surface area contributed by atoms with Gasteiger partial charge in [-0.05, 0) is 49.7 Å².